The Morgan fingerprint density at radius 2 is 1.62 bits per heavy atom. The lowest BCUT2D eigenvalue weighted by Crippen LogP contribution is -2.12. The molecule has 0 spiro atoms. The summed E-state index contributed by atoms with van der Waals surface area (Å²) in [5, 5.41) is 0. The van der Waals surface area contributed by atoms with Crippen LogP contribution in [0, 0.1) is 0 Å². The molecular formula is C10H11F3. The summed E-state index contributed by atoms with van der Waals surface area (Å²) >= 11 is 0. The Labute approximate surface area is 75.4 Å². The molecule has 0 saturated heterocycles. The molecule has 0 nitrogen and oxygen atoms in total. The van der Waals surface area contributed by atoms with E-state index in [1.807, 2.05) is 6.92 Å². The minimum atomic E-state index is -4.11. The number of rotatable bonds is 2. The van der Waals surface area contributed by atoms with Crippen LogP contribution >= 0.6 is 0 Å². The largest absolute Gasteiger partial charge is 0.393 e. The summed E-state index contributed by atoms with van der Waals surface area (Å²) in [4.78, 5) is 0. The smallest absolute Gasteiger partial charge is 0.171 e. The van der Waals surface area contributed by atoms with Crippen LogP contribution in [0.25, 0.3) is 0 Å². The molecule has 0 bridgehead atoms. The number of aryl methyl sites for hydroxylation is 1. The second kappa shape index (κ2) is 3.81. The van der Waals surface area contributed by atoms with Crippen molar-refractivity contribution in [1.82, 2.24) is 0 Å². The quantitative estimate of drug-likeness (QED) is 0.667. The first-order valence-electron chi connectivity index (χ1n) is 4.16. The molecule has 0 fully saturated rings. The van der Waals surface area contributed by atoms with Crippen molar-refractivity contribution >= 4 is 0 Å². The normalized spacial score (nSPS) is 11.7. The van der Waals surface area contributed by atoms with Crippen LogP contribution in [-0.2, 0) is 12.8 Å². The average molecular weight is 188 g/mol. The minimum Gasteiger partial charge on any atom is -0.171 e. The highest BCUT2D eigenvalue weighted by Crippen LogP contribution is 2.23. The van der Waals surface area contributed by atoms with Gasteiger partial charge in [0.2, 0.25) is 0 Å². The monoisotopic (exact) mass is 188 g/mol. The van der Waals surface area contributed by atoms with Gasteiger partial charge in [-0.2, -0.15) is 13.2 Å². The summed E-state index contributed by atoms with van der Waals surface area (Å²) in [6, 6.07) is 6.67. The van der Waals surface area contributed by atoms with E-state index in [0.29, 0.717) is 12.0 Å². The van der Waals surface area contributed by atoms with E-state index in [1.54, 1.807) is 18.2 Å². The highest BCUT2D eigenvalue weighted by Gasteiger charge is 2.28. The zero-order valence-corrected chi connectivity index (χ0v) is 7.36. The maximum Gasteiger partial charge on any atom is 0.393 e. The van der Waals surface area contributed by atoms with Gasteiger partial charge in [-0.05, 0) is 17.5 Å². The van der Waals surface area contributed by atoms with Crippen LogP contribution < -0.4 is 0 Å². The Kier molecular flexibility index (Phi) is 2.96. The molecule has 0 heterocycles. The maximum absolute atomic E-state index is 12.1. The molecule has 1 aromatic carbocycles. The standard InChI is InChI=1S/C10H11F3/c1-2-8-5-3-4-6-9(8)7-10(11,12)13/h3-6H,2,7H2,1H3. The summed E-state index contributed by atoms with van der Waals surface area (Å²) < 4.78 is 36.2. The van der Waals surface area contributed by atoms with Crippen LogP contribution in [0.3, 0.4) is 0 Å². The molecule has 0 aliphatic rings. The van der Waals surface area contributed by atoms with Crippen molar-refractivity contribution < 1.29 is 13.2 Å². The number of halogens is 3. The van der Waals surface area contributed by atoms with Crippen LogP contribution in [0.5, 0.6) is 0 Å². The van der Waals surface area contributed by atoms with Gasteiger partial charge in [0.15, 0.2) is 0 Å². The molecular weight excluding hydrogens is 177 g/mol. The summed E-state index contributed by atoms with van der Waals surface area (Å²) in [5.74, 6) is 0. The van der Waals surface area contributed by atoms with Crippen molar-refractivity contribution in [3.8, 4) is 0 Å². The molecule has 0 amide bonds. The van der Waals surface area contributed by atoms with Gasteiger partial charge in [0, 0.05) is 0 Å². The van der Waals surface area contributed by atoms with E-state index in [2.05, 4.69) is 0 Å². The lowest BCUT2D eigenvalue weighted by atomic mass is 10.0. The fraction of sp³-hybridized carbons (Fsp3) is 0.400. The van der Waals surface area contributed by atoms with Crippen molar-refractivity contribution in [3.63, 3.8) is 0 Å². The molecule has 0 unspecified atom stereocenters. The SMILES string of the molecule is CCc1ccccc1CC(F)(F)F. The molecule has 3 heteroatoms. The van der Waals surface area contributed by atoms with Crippen molar-refractivity contribution in [2.45, 2.75) is 25.9 Å². The van der Waals surface area contributed by atoms with E-state index < -0.39 is 12.6 Å². The number of hydrogen-bond acceptors (Lipinski definition) is 0. The first-order valence-corrected chi connectivity index (χ1v) is 4.16. The van der Waals surface area contributed by atoms with Crippen LogP contribution in [0.1, 0.15) is 18.1 Å². The Morgan fingerprint density at radius 1 is 1.08 bits per heavy atom. The van der Waals surface area contributed by atoms with Gasteiger partial charge < -0.3 is 0 Å². The highest BCUT2D eigenvalue weighted by molar-refractivity contribution is 5.27. The Hall–Kier alpha value is -0.990. The molecule has 72 valence electrons. The Bertz CT molecular complexity index is 276. The maximum atomic E-state index is 12.1. The minimum absolute atomic E-state index is 0.387. The van der Waals surface area contributed by atoms with Gasteiger partial charge in [-0.3, -0.25) is 0 Å². The van der Waals surface area contributed by atoms with Crippen LogP contribution in [0.4, 0.5) is 13.2 Å². The van der Waals surface area contributed by atoms with Gasteiger partial charge in [-0.15, -0.1) is 0 Å². The predicted octanol–water partition coefficient (Wildman–Crippen LogP) is 3.35. The summed E-state index contributed by atoms with van der Waals surface area (Å²) in [6.45, 7) is 1.86. The second-order valence-electron chi connectivity index (χ2n) is 2.91. The van der Waals surface area contributed by atoms with E-state index in [4.69, 9.17) is 0 Å². The predicted molar refractivity (Wildman–Crippen MR) is 45.6 cm³/mol. The third kappa shape index (κ3) is 3.09. The van der Waals surface area contributed by atoms with E-state index in [9.17, 15) is 13.2 Å². The summed E-state index contributed by atoms with van der Waals surface area (Å²) in [5.41, 5.74) is 1.16. The molecule has 0 N–H and O–H groups in total. The van der Waals surface area contributed by atoms with Crippen molar-refractivity contribution in [2.24, 2.45) is 0 Å². The van der Waals surface area contributed by atoms with Crippen molar-refractivity contribution in [3.05, 3.63) is 35.4 Å². The molecule has 0 radical (unpaired) electrons. The van der Waals surface area contributed by atoms with E-state index in [0.717, 1.165) is 5.56 Å². The van der Waals surface area contributed by atoms with E-state index >= 15 is 0 Å². The Morgan fingerprint density at radius 3 is 2.08 bits per heavy atom. The molecule has 0 aliphatic heterocycles. The van der Waals surface area contributed by atoms with Crippen molar-refractivity contribution in [2.75, 3.05) is 0 Å². The zero-order chi connectivity index (χ0) is 9.90. The lowest BCUT2D eigenvalue weighted by Gasteiger charge is -2.09. The van der Waals surface area contributed by atoms with Gasteiger partial charge in [0.1, 0.15) is 0 Å². The zero-order valence-electron chi connectivity index (χ0n) is 7.36. The number of alkyl halides is 3. The van der Waals surface area contributed by atoms with Gasteiger partial charge in [-0.1, -0.05) is 31.2 Å². The van der Waals surface area contributed by atoms with Crippen LogP contribution in [0.15, 0.2) is 24.3 Å². The third-order valence-electron chi connectivity index (χ3n) is 1.89. The molecule has 0 aromatic heterocycles. The van der Waals surface area contributed by atoms with Gasteiger partial charge >= 0.3 is 6.18 Å². The Balaban J connectivity index is 2.87. The van der Waals surface area contributed by atoms with Gasteiger partial charge in [0.25, 0.3) is 0 Å². The molecule has 13 heavy (non-hydrogen) atoms. The van der Waals surface area contributed by atoms with E-state index in [1.165, 1.54) is 6.07 Å². The van der Waals surface area contributed by atoms with Gasteiger partial charge in [-0.25, -0.2) is 0 Å². The number of benzene rings is 1. The first kappa shape index (κ1) is 10.1. The molecule has 0 saturated carbocycles. The van der Waals surface area contributed by atoms with Gasteiger partial charge in [0.05, 0.1) is 6.42 Å². The number of hydrogen-bond donors (Lipinski definition) is 0. The lowest BCUT2D eigenvalue weighted by molar-refractivity contribution is -0.127. The molecule has 0 atom stereocenters. The molecule has 1 rings (SSSR count). The molecule has 0 aliphatic carbocycles. The fourth-order valence-electron chi connectivity index (χ4n) is 1.29. The van der Waals surface area contributed by atoms with Crippen LogP contribution in [0.2, 0.25) is 0 Å². The van der Waals surface area contributed by atoms with Crippen LogP contribution in [-0.4, -0.2) is 6.18 Å². The van der Waals surface area contributed by atoms with Crippen molar-refractivity contribution in [1.29, 1.82) is 0 Å². The summed E-state index contributed by atoms with van der Waals surface area (Å²) in [7, 11) is 0. The fourth-order valence-corrected chi connectivity index (χ4v) is 1.29. The topological polar surface area (TPSA) is 0 Å². The highest BCUT2D eigenvalue weighted by atomic mass is 19.4. The second-order valence-corrected chi connectivity index (χ2v) is 2.91. The third-order valence-corrected chi connectivity index (χ3v) is 1.89. The summed E-state index contributed by atoms with van der Waals surface area (Å²) in [6.07, 6.45) is -4.28. The average Bonchev–Trinajstić information content (AvgIpc) is 2.02. The molecule has 1 aromatic rings. The first-order chi connectivity index (χ1) is 6.03. The van der Waals surface area contributed by atoms with E-state index in [-0.39, 0.29) is 0 Å².